The zero-order chi connectivity index (χ0) is 12.2. The fourth-order valence-electron chi connectivity index (χ4n) is 1.05. The Bertz CT molecular complexity index is 236. The number of ether oxygens (including phenoxy) is 1. The van der Waals surface area contributed by atoms with Crippen LogP contribution >= 0.6 is 0 Å². The van der Waals surface area contributed by atoms with Crippen molar-refractivity contribution >= 4 is 11.8 Å². The Morgan fingerprint density at radius 2 is 1.50 bits per heavy atom. The van der Waals surface area contributed by atoms with E-state index in [1.165, 1.54) is 6.92 Å². The molecule has 95 valence electrons. The molecular weight excluding hydrogens is 378 g/mol. The second kappa shape index (κ2) is 7.87. The summed E-state index contributed by atoms with van der Waals surface area (Å²) in [6.45, 7) is 10.8. The summed E-state index contributed by atoms with van der Waals surface area (Å²) in [5, 5.41) is 0. The number of carbonyl (C=O) groups excluding carboxylic acids is 2. The molecule has 0 saturated heterocycles. The van der Waals surface area contributed by atoms with Crippen molar-refractivity contribution in [1.29, 1.82) is 0 Å². The van der Waals surface area contributed by atoms with Gasteiger partial charge in [0.1, 0.15) is 0 Å². The summed E-state index contributed by atoms with van der Waals surface area (Å²) in [6.07, 6.45) is -0.186. The van der Waals surface area contributed by atoms with Crippen LogP contribution in [0.15, 0.2) is 0 Å². The standard InChI is InChI=1S/C12H21O3.Re/c1-7(2)9(5)11(13)10(6)12(14)15-8(3)4;/h7-9H,1-6H3;/q-1;/t9-;/m1./s1. The van der Waals surface area contributed by atoms with Crippen molar-refractivity contribution in [3.05, 3.63) is 5.92 Å². The van der Waals surface area contributed by atoms with Crippen molar-refractivity contribution in [3.8, 4) is 0 Å². The molecule has 4 heteroatoms. The fourth-order valence-corrected chi connectivity index (χ4v) is 1.05. The van der Waals surface area contributed by atoms with Gasteiger partial charge in [0, 0.05) is 26.2 Å². The van der Waals surface area contributed by atoms with Gasteiger partial charge in [-0.05, 0) is 25.7 Å². The van der Waals surface area contributed by atoms with Crippen LogP contribution in [0.4, 0.5) is 0 Å². The van der Waals surface area contributed by atoms with E-state index in [0.29, 0.717) is 0 Å². The molecule has 1 radical (unpaired) electrons. The third-order valence-corrected chi connectivity index (χ3v) is 2.43. The van der Waals surface area contributed by atoms with Gasteiger partial charge in [0.05, 0.1) is 6.10 Å². The van der Waals surface area contributed by atoms with E-state index in [1.54, 1.807) is 13.8 Å². The molecule has 0 aliphatic heterocycles. The van der Waals surface area contributed by atoms with Gasteiger partial charge in [-0.2, -0.15) is 6.92 Å². The summed E-state index contributed by atoms with van der Waals surface area (Å²) >= 11 is 0. The molecule has 0 rings (SSSR count). The van der Waals surface area contributed by atoms with Gasteiger partial charge in [0.25, 0.3) is 0 Å². The number of carbonyl (C=O) groups is 2. The van der Waals surface area contributed by atoms with Gasteiger partial charge >= 0.3 is 0 Å². The Hall–Kier alpha value is -0.328. The second-order valence-electron chi connectivity index (χ2n) is 4.48. The zero-order valence-corrected chi connectivity index (χ0v) is 13.6. The molecule has 0 aromatic carbocycles. The molecule has 0 bridgehead atoms. The number of esters is 1. The van der Waals surface area contributed by atoms with Crippen molar-refractivity contribution in [3.63, 3.8) is 0 Å². The van der Waals surface area contributed by atoms with Crippen molar-refractivity contribution in [1.82, 2.24) is 0 Å². The first kappa shape index (κ1) is 18.0. The van der Waals surface area contributed by atoms with Gasteiger partial charge in [-0.1, -0.05) is 20.8 Å². The Kier molecular flexibility index (Phi) is 8.87. The third-order valence-electron chi connectivity index (χ3n) is 2.43. The molecule has 16 heavy (non-hydrogen) atoms. The van der Waals surface area contributed by atoms with E-state index in [1.807, 2.05) is 20.8 Å². The van der Waals surface area contributed by atoms with E-state index in [4.69, 9.17) is 4.74 Å². The minimum atomic E-state index is -0.498. The van der Waals surface area contributed by atoms with Crippen LogP contribution in [0.3, 0.4) is 0 Å². The van der Waals surface area contributed by atoms with Crippen LogP contribution in [0.1, 0.15) is 41.5 Å². The first-order valence-electron chi connectivity index (χ1n) is 5.36. The SMILES string of the molecule is C[C-](C(=O)OC(C)C)C(=O)[C@H](C)C(C)C.[Re]. The van der Waals surface area contributed by atoms with Crippen LogP contribution in [0.25, 0.3) is 0 Å². The van der Waals surface area contributed by atoms with Gasteiger partial charge in [0.2, 0.25) is 0 Å². The van der Waals surface area contributed by atoms with Crippen molar-refractivity contribution in [2.75, 3.05) is 0 Å². The molecule has 0 aliphatic carbocycles. The van der Waals surface area contributed by atoms with Gasteiger partial charge < -0.3 is 9.53 Å². The average molecular weight is 400 g/mol. The van der Waals surface area contributed by atoms with E-state index < -0.39 is 5.97 Å². The van der Waals surface area contributed by atoms with Gasteiger partial charge in [0.15, 0.2) is 5.97 Å². The number of Topliss-reactive ketones (excluding diaryl/α,β-unsaturated/α-hetero) is 1. The molecule has 0 heterocycles. The Morgan fingerprint density at radius 3 is 1.81 bits per heavy atom. The maximum atomic E-state index is 11.8. The molecule has 0 fully saturated rings. The Balaban J connectivity index is 0. The molecule has 0 aromatic heterocycles. The van der Waals surface area contributed by atoms with E-state index in [2.05, 4.69) is 0 Å². The molecule has 0 spiro atoms. The van der Waals surface area contributed by atoms with Gasteiger partial charge in [-0.15, -0.1) is 0 Å². The molecular formula is C12H21O3Re-. The zero-order valence-electron chi connectivity index (χ0n) is 10.8. The normalized spacial score (nSPS) is 12.0. The van der Waals surface area contributed by atoms with Gasteiger partial charge in [-0.3, -0.25) is 4.79 Å². The van der Waals surface area contributed by atoms with Crippen molar-refractivity contribution in [2.24, 2.45) is 11.8 Å². The molecule has 0 aliphatic rings. The number of rotatable bonds is 5. The maximum Gasteiger partial charge on any atom is 0.176 e. The maximum absolute atomic E-state index is 11.8. The largest absolute Gasteiger partial charge is 0.485 e. The predicted molar refractivity (Wildman–Crippen MR) is 59.2 cm³/mol. The summed E-state index contributed by atoms with van der Waals surface area (Å²) in [7, 11) is 0. The van der Waals surface area contributed by atoms with Crippen LogP contribution in [0.2, 0.25) is 0 Å². The molecule has 0 aromatic rings. The van der Waals surface area contributed by atoms with E-state index in [0.717, 1.165) is 0 Å². The monoisotopic (exact) mass is 400 g/mol. The smallest absolute Gasteiger partial charge is 0.176 e. The van der Waals surface area contributed by atoms with Crippen molar-refractivity contribution in [2.45, 2.75) is 47.6 Å². The van der Waals surface area contributed by atoms with Crippen molar-refractivity contribution < 1.29 is 34.7 Å². The minimum absolute atomic E-state index is 0. The topological polar surface area (TPSA) is 43.4 Å². The predicted octanol–water partition coefficient (Wildman–Crippen LogP) is 2.39. The van der Waals surface area contributed by atoms with Gasteiger partial charge in [-0.25, -0.2) is 5.92 Å². The Morgan fingerprint density at radius 1 is 1.06 bits per heavy atom. The van der Waals surface area contributed by atoms with E-state index in [-0.39, 0.29) is 50.1 Å². The second-order valence-corrected chi connectivity index (χ2v) is 4.48. The summed E-state index contributed by atoms with van der Waals surface area (Å²) in [5.41, 5.74) is 0. The number of hydrogen-bond donors (Lipinski definition) is 0. The fraction of sp³-hybridized carbons (Fsp3) is 0.750. The summed E-state index contributed by atoms with van der Waals surface area (Å²) in [6, 6.07) is 0. The molecule has 0 amide bonds. The van der Waals surface area contributed by atoms with Crippen LogP contribution in [0, 0.1) is 17.8 Å². The van der Waals surface area contributed by atoms with Crippen LogP contribution < -0.4 is 0 Å². The molecule has 1 atom stereocenters. The van der Waals surface area contributed by atoms with Crippen LogP contribution in [-0.4, -0.2) is 17.9 Å². The number of hydrogen-bond acceptors (Lipinski definition) is 3. The summed E-state index contributed by atoms with van der Waals surface area (Å²) in [5.74, 6) is -0.313. The third kappa shape index (κ3) is 5.67. The first-order valence-corrected chi connectivity index (χ1v) is 5.36. The summed E-state index contributed by atoms with van der Waals surface area (Å²) < 4.78 is 4.97. The van der Waals surface area contributed by atoms with Crippen LogP contribution in [0.5, 0.6) is 0 Å². The van der Waals surface area contributed by atoms with E-state index in [9.17, 15) is 9.59 Å². The summed E-state index contributed by atoms with van der Waals surface area (Å²) in [4.78, 5) is 23.2. The van der Waals surface area contributed by atoms with Crippen LogP contribution in [-0.2, 0) is 34.7 Å². The number of ketones is 1. The molecule has 3 nitrogen and oxygen atoms in total. The average Bonchev–Trinajstić information content (AvgIpc) is 2.13. The quantitative estimate of drug-likeness (QED) is 0.405. The van der Waals surface area contributed by atoms with E-state index >= 15 is 0 Å². The first-order chi connectivity index (χ1) is 6.77. The molecule has 0 N–H and O–H groups in total. The molecule has 0 saturated carbocycles. The molecule has 0 unspecified atom stereocenters. The minimum Gasteiger partial charge on any atom is -0.485 e. The Labute approximate surface area is 112 Å².